The summed E-state index contributed by atoms with van der Waals surface area (Å²) < 4.78 is 0. The standard InChI is InChI=1S/C15H23N3OS/c1-4-20-12-7-5-6-11(13(12)14(16)17-19)18-9-8-15(2,3)10-18/h5-7,19H,4,8-10H2,1-3H3,(H2,16,17). The second kappa shape index (κ2) is 5.95. The maximum atomic E-state index is 9.09. The predicted molar refractivity (Wildman–Crippen MR) is 86.0 cm³/mol. The van der Waals surface area contributed by atoms with Gasteiger partial charge in [-0.05, 0) is 29.7 Å². The summed E-state index contributed by atoms with van der Waals surface area (Å²) in [5.74, 6) is 1.15. The van der Waals surface area contributed by atoms with Gasteiger partial charge in [-0.25, -0.2) is 0 Å². The van der Waals surface area contributed by atoms with E-state index in [1.54, 1.807) is 11.8 Å². The lowest BCUT2D eigenvalue weighted by Crippen LogP contribution is -2.26. The molecule has 1 aliphatic rings. The Morgan fingerprint density at radius 2 is 2.25 bits per heavy atom. The van der Waals surface area contributed by atoms with Crippen molar-refractivity contribution in [3.05, 3.63) is 23.8 Å². The van der Waals surface area contributed by atoms with Crippen molar-refractivity contribution in [2.75, 3.05) is 23.7 Å². The van der Waals surface area contributed by atoms with Crippen LogP contribution in [0.3, 0.4) is 0 Å². The first kappa shape index (κ1) is 15.0. The highest BCUT2D eigenvalue weighted by Gasteiger charge is 2.31. The third-order valence-corrected chi connectivity index (χ3v) is 4.63. The van der Waals surface area contributed by atoms with E-state index < -0.39 is 0 Å². The monoisotopic (exact) mass is 293 g/mol. The zero-order chi connectivity index (χ0) is 14.8. The summed E-state index contributed by atoms with van der Waals surface area (Å²) in [4.78, 5) is 3.41. The Balaban J connectivity index is 2.45. The van der Waals surface area contributed by atoms with E-state index in [0.717, 1.165) is 41.4 Å². The number of rotatable bonds is 4. The molecule has 0 spiro atoms. The lowest BCUT2D eigenvalue weighted by Gasteiger charge is -2.25. The summed E-state index contributed by atoms with van der Waals surface area (Å²) in [6.45, 7) is 8.67. The maximum absolute atomic E-state index is 9.09. The molecule has 3 N–H and O–H groups in total. The van der Waals surface area contributed by atoms with Crippen LogP contribution in [0.15, 0.2) is 28.3 Å². The average molecular weight is 293 g/mol. The van der Waals surface area contributed by atoms with Crippen LogP contribution in [0.5, 0.6) is 0 Å². The van der Waals surface area contributed by atoms with E-state index >= 15 is 0 Å². The number of nitrogens with two attached hydrogens (primary N) is 1. The molecule has 0 saturated carbocycles. The van der Waals surface area contributed by atoms with Crippen LogP contribution < -0.4 is 10.6 Å². The SMILES string of the molecule is CCSc1cccc(N2CCC(C)(C)C2)c1/C(N)=N/O. The van der Waals surface area contributed by atoms with E-state index in [4.69, 9.17) is 10.9 Å². The largest absolute Gasteiger partial charge is 0.409 e. The molecule has 0 unspecified atom stereocenters. The van der Waals surface area contributed by atoms with Gasteiger partial charge >= 0.3 is 0 Å². The Morgan fingerprint density at radius 1 is 1.50 bits per heavy atom. The molecule has 0 atom stereocenters. The number of oxime groups is 1. The fourth-order valence-corrected chi connectivity index (χ4v) is 3.52. The molecule has 20 heavy (non-hydrogen) atoms. The van der Waals surface area contributed by atoms with Crippen molar-refractivity contribution in [3.63, 3.8) is 0 Å². The van der Waals surface area contributed by atoms with Crippen LogP contribution in [-0.4, -0.2) is 29.9 Å². The van der Waals surface area contributed by atoms with Crippen molar-refractivity contribution in [1.29, 1.82) is 0 Å². The Kier molecular flexibility index (Phi) is 4.48. The van der Waals surface area contributed by atoms with E-state index in [1.807, 2.05) is 12.1 Å². The number of amidine groups is 1. The number of hydrogen-bond donors (Lipinski definition) is 2. The predicted octanol–water partition coefficient (Wildman–Crippen LogP) is 3.13. The number of benzene rings is 1. The van der Waals surface area contributed by atoms with E-state index in [2.05, 4.69) is 36.9 Å². The van der Waals surface area contributed by atoms with Gasteiger partial charge in [-0.1, -0.05) is 32.0 Å². The highest BCUT2D eigenvalue weighted by molar-refractivity contribution is 7.99. The van der Waals surface area contributed by atoms with Crippen LogP contribution >= 0.6 is 11.8 Å². The summed E-state index contributed by atoms with van der Waals surface area (Å²) in [7, 11) is 0. The third kappa shape index (κ3) is 3.03. The molecule has 0 amide bonds. The van der Waals surface area contributed by atoms with Gasteiger partial charge in [-0.2, -0.15) is 0 Å². The molecule has 0 radical (unpaired) electrons. The molecule has 0 bridgehead atoms. The Bertz CT molecular complexity index is 514. The molecule has 5 heteroatoms. The first-order chi connectivity index (χ1) is 9.48. The summed E-state index contributed by atoms with van der Waals surface area (Å²) >= 11 is 1.72. The van der Waals surface area contributed by atoms with Crippen molar-refractivity contribution in [1.82, 2.24) is 0 Å². The van der Waals surface area contributed by atoms with Crippen molar-refractivity contribution >= 4 is 23.3 Å². The number of nitrogens with zero attached hydrogens (tertiary/aromatic N) is 2. The topological polar surface area (TPSA) is 61.8 Å². The molecule has 0 aromatic heterocycles. The molecule has 4 nitrogen and oxygen atoms in total. The van der Waals surface area contributed by atoms with E-state index in [9.17, 15) is 0 Å². The van der Waals surface area contributed by atoms with Crippen LogP contribution in [0.25, 0.3) is 0 Å². The molecule has 1 saturated heterocycles. The molecule has 1 aromatic rings. The van der Waals surface area contributed by atoms with Gasteiger partial charge < -0.3 is 15.8 Å². The van der Waals surface area contributed by atoms with Crippen LogP contribution in [0.4, 0.5) is 5.69 Å². The average Bonchev–Trinajstić information content (AvgIpc) is 2.78. The van der Waals surface area contributed by atoms with Crippen LogP contribution in [0.2, 0.25) is 0 Å². The smallest absolute Gasteiger partial charge is 0.173 e. The van der Waals surface area contributed by atoms with Gasteiger partial charge in [0.15, 0.2) is 5.84 Å². The van der Waals surface area contributed by atoms with Crippen molar-refractivity contribution in [2.24, 2.45) is 16.3 Å². The van der Waals surface area contributed by atoms with Gasteiger partial charge in [-0.15, -0.1) is 11.8 Å². The summed E-state index contributed by atoms with van der Waals surface area (Å²) in [6, 6.07) is 6.15. The molecular formula is C15H23N3OS. The van der Waals surface area contributed by atoms with E-state index in [0.29, 0.717) is 5.41 Å². The zero-order valence-electron chi connectivity index (χ0n) is 12.4. The number of anilines is 1. The normalized spacial score (nSPS) is 18.6. The summed E-state index contributed by atoms with van der Waals surface area (Å²) in [5, 5.41) is 12.3. The van der Waals surface area contributed by atoms with E-state index in [-0.39, 0.29) is 5.84 Å². The molecule has 1 aliphatic heterocycles. The third-order valence-electron chi connectivity index (χ3n) is 3.69. The van der Waals surface area contributed by atoms with Crippen LogP contribution in [0.1, 0.15) is 32.8 Å². The number of hydrogen-bond acceptors (Lipinski definition) is 4. The molecule has 110 valence electrons. The minimum atomic E-state index is 0.196. The first-order valence-electron chi connectivity index (χ1n) is 6.97. The summed E-state index contributed by atoms with van der Waals surface area (Å²) in [5.41, 5.74) is 8.17. The molecular weight excluding hydrogens is 270 g/mol. The zero-order valence-corrected chi connectivity index (χ0v) is 13.2. The lowest BCUT2D eigenvalue weighted by atomic mass is 9.93. The van der Waals surface area contributed by atoms with Gasteiger partial charge in [-0.3, -0.25) is 0 Å². The Morgan fingerprint density at radius 3 is 2.80 bits per heavy atom. The minimum absolute atomic E-state index is 0.196. The van der Waals surface area contributed by atoms with Crippen molar-refractivity contribution in [3.8, 4) is 0 Å². The molecule has 2 rings (SSSR count). The molecule has 1 aromatic carbocycles. The van der Waals surface area contributed by atoms with Crippen molar-refractivity contribution in [2.45, 2.75) is 32.1 Å². The van der Waals surface area contributed by atoms with Gasteiger partial charge in [0.2, 0.25) is 0 Å². The molecule has 0 aliphatic carbocycles. The lowest BCUT2D eigenvalue weighted by molar-refractivity contribution is 0.318. The van der Waals surface area contributed by atoms with Gasteiger partial charge in [0.1, 0.15) is 0 Å². The fourth-order valence-electron chi connectivity index (χ4n) is 2.68. The van der Waals surface area contributed by atoms with Gasteiger partial charge in [0, 0.05) is 23.7 Å². The van der Waals surface area contributed by atoms with Gasteiger partial charge in [0.05, 0.1) is 5.56 Å². The first-order valence-corrected chi connectivity index (χ1v) is 7.95. The quantitative estimate of drug-likeness (QED) is 0.294. The molecule has 1 fully saturated rings. The highest BCUT2D eigenvalue weighted by atomic mass is 32.2. The fraction of sp³-hybridized carbons (Fsp3) is 0.533. The van der Waals surface area contributed by atoms with E-state index in [1.165, 1.54) is 0 Å². The van der Waals surface area contributed by atoms with Gasteiger partial charge in [0.25, 0.3) is 0 Å². The number of thioether (sulfide) groups is 1. The van der Waals surface area contributed by atoms with Crippen LogP contribution in [0, 0.1) is 5.41 Å². The second-order valence-electron chi connectivity index (χ2n) is 5.90. The van der Waals surface area contributed by atoms with Crippen molar-refractivity contribution < 1.29 is 5.21 Å². The highest BCUT2D eigenvalue weighted by Crippen LogP contribution is 2.37. The molecule has 1 heterocycles. The minimum Gasteiger partial charge on any atom is -0.409 e. The Hall–Kier alpha value is -1.36. The second-order valence-corrected chi connectivity index (χ2v) is 7.21. The summed E-state index contributed by atoms with van der Waals surface area (Å²) in [6.07, 6.45) is 1.16. The maximum Gasteiger partial charge on any atom is 0.173 e. The van der Waals surface area contributed by atoms with Crippen LogP contribution in [-0.2, 0) is 0 Å². The Labute approximate surface area is 125 Å².